The summed E-state index contributed by atoms with van der Waals surface area (Å²) >= 11 is 0. The largest absolute Gasteiger partial charge is 0.396 e. The highest BCUT2D eigenvalue weighted by atomic mass is 16.5. The van der Waals surface area contributed by atoms with Crippen molar-refractivity contribution in [3.05, 3.63) is 0 Å². The Bertz CT molecular complexity index is 197. The minimum Gasteiger partial charge on any atom is -0.396 e. The molecule has 0 bridgehead atoms. The predicted octanol–water partition coefficient (Wildman–Crippen LogP) is -1.55. The van der Waals surface area contributed by atoms with Gasteiger partial charge in [0.05, 0.1) is 37.1 Å². The van der Waals surface area contributed by atoms with Crippen LogP contribution in [-0.2, 0) is 4.74 Å². The van der Waals surface area contributed by atoms with Crippen molar-refractivity contribution in [1.82, 2.24) is 0 Å². The van der Waals surface area contributed by atoms with E-state index in [0.717, 1.165) is 0 Å². The summed E-state index contributed by atoms with van der Waals surface area (Å²) in [5.41, 5.74) is 5.00. The Kier molecular flexibility index (Phi) is 3.49. The molecule has 1 saturated heterocycles. The molecule has 0 unspecified atom stereocenters. The summed E-state index contributed by atoms with van der Waals surface area (Å²) in [5.74, 6) is -0.416. The highest BCUT2D eigenvalue weighted by molar-refractivity contribution is 4.98. The zero-order valence-electron chi connectivity index (χ0n) is 8.55. The van der Waals surface area contributed by atoms with Gasteiger partial charge in [-0.1, -0.05) is 0 Å². The van der Waals surface area contributed by atoms with E-state index in [-0.39, 0.29) is 13.2 Å². The molecule has 1 heterocycles. The highest BCUT2D eigenvalue weighted by Gasteiger charge is 2.47. The van der Waals surface area contributed by atoms with Crippen molar-refractivity contribution in [3.8, 4) is 0 Å². The lowest BCUT2D eigenvalue weighted by atomic mass is 9.79. The third kappa shape index (κ3) is 1.92. The minimum atomic E-state index is -0.846. The van der Waals surface area contributed by atoms with E-state index < -0.39 is 29.8 Å². The zero-order valence-corrected chi connectivity index (χ0v) is 8.55. The van der Waals surface area contributed by atoms with E-state index in [1.54, 1.807) is 13.8 Å². The van der Waals surface area contributed by atoms with Crippen LogP contribution >= 0.6 is 0 Å². The fourth-order valence-electron chi connectivity index (χ4n) is 1.94. The Balaban J connectivity index is 2.83. The van der Waals surface area contributed by atoms with Crippen LogP contribution in [0.15, 0.2) is 0 Å². The summed E-state index contributed by atoms with van der Waals surface area (Å²) < 4.78 is 5.51. The summed E-state index contributed by atoms with van der Waals surface area (Å²) in [6, 6.07) is -0.648. The number of ether oxygens (including phenoxy) is 1. The lowest BCUT2D eigenvalue weighted by molar-refractivity contribution is -0.209. The Morgan fingerprint density at radius 3 is 2.29 bits per heavy atom. The molecule has 5 heteroatoms. The van der Waals surface area contributed by atoms with Crippen molar-refractivity contribution in [2.45, 2.75) is 37.7 Å². The Labute approximate surface area is 83.5 Å². The first-order valence-corrected chi connectivity index (χ1v) is 4.77. The summed E-state index contributed by atoms with van der Waals surface area (Å²) in [4.78, 5) is 0. The Morgan fingerprint density at radius 2 is 1.86 bits per heavy atom. The fraction of sp³-hybridized carbons (Fsp3) is 1.00. The van der Waals surface area contributed by atoms with Gasteiger partial charge in [-0.05, 0) is 13.8 Å². The van der Waals surface area contributed by atoms with Crippen LogP contribution in [0.3, 0.4) is 0 Å². The van der Waals surface area contributed by atoms with Gasteiger partial charge in [-0.25, -0.2) is 0 Å². The standard InChI is InChI=1S/C9H19NO4/c1-9(2)5(3-11)8(13)7(10)6(4-12)14-9/h5-8,11-13H,3-4,10H2,1-2H3/t5-,6-,7-,8-/m1/s1. The lowest BCUT2D eigenvalue weighted by Gasteiger charge is -2.47. The first-order chi connectivity index (χ1) is 6.44. The molecule has 0 aromatic carbocycles. The van der Waals surface area contributed by atoms with Crippen molar-refractivity contribution < 1.29 is 20.1 Å². The maximum absolute atomic E-state index is 9.80. The zero-order chi connectivity index (χ0) is 10.9. The van der Waals surface area contributed by atoms with Gasteiger partial charge in [0.1, 0.15) is 0 Å². The maximum Gasteiger partial charge on any atom is 0.0988 e. The smallest absolute Gasteiger partial charge is 0.0988 e. The van der Waals surface area contributed by atoms with Gasteiger partial charge in [-0.3, -0.25) is 0 Å². The molecule has 14 heavy (non-hydrogen) atoms. The van der Waals surface area contributed by atoms with Gasteiger partial charge >= 0.3 is 0 Å². The molecular weight excluding hydrogens is 186 g/mol. The first kappa shape index (κ1) is 11.9. The van der Waals surface area contributed by atoms with Gasteiger partial charge < -0.3 is 25.8 Å². The van der Waals surface area contributed by atoms with Crippen LogP contribution in [0, 0.1) is 5.92 Å². The molecule has 0 amide bonds. The molecule has 5 N–H and O–H groups in total. The molecule has 0 spiro atoms. The molecular formula is C9H19NO4. The average Bonchev–Trinajstić information content (AvgIpc) is 2.12. The highest BCUT2D eigenvalue weighted by Crippen LogP contribution is 2.33. The normalized spacial score (nSPS) is 42.4. The number of hydrogen-bond donors (Lipinski definition) is 4. The SMILES string of the molecule is CC1(C)O[C@H](CO)[C@@H](N)[C@H](O)[C@H]1CO. The topological polar surface area (TPSA) is 95.9 Å². The molecule has 84 valence electrons. The minimum absolute atomic E-state index is 0.181. The third-order valence-corrected chi connectivity index (χ3v) is 2.96. The number of nitrogens with two attached hydrogens (primary N) is 1. The molecule has 1 aliphatic heterocycles. The first-order valence-electron chi connectivity index (χ1n) is 4.77. The van der Waals surface area contributed by atoms with Gasteiger partial charge in [-0.15, -0.1) is 0 Å². The van der Waals surface area contributed by atoms with E-state index in [1.165, 1.54) is 0 Å². The van der Waals surface area contributed by atoms with Crippen molar-refractivity contribution in [2.24, 2.45) is 11.7 Å². The van der Waals surface area contributed by atoms with E-state index in [9.17, 15) is 5.11 Å². The van der Waals surface area contributed by atoms with E-state index in [2.05, 4.69) is 0 Å². The summed E-state index contributed by atoms with van der Waals surface area (Å²) in [7, 11) is 0. The molecule has 1 fully saturated rings. The maximum atomic E-state index is 9.80. The van der Waals surface area contributed by atoms with Crippen molar-refractivity contribution in [2.75, 3.05) is 13.2 Å². The second kappa shape index (κ2) is 4.12. The molecule has 1 rings (SSSR count). The monoisotopic (exact) mass is 205 g/mol. The molecule has 0 aromatic heterocycles. The number of aliphatic hydroxyl groups is 3. The van der Waals surface area contributed by atoms with Gasteiger partial charge in [-0.2, -0.15) is 0 Å². The Morgan fingerprint density at radius 1 is 1.29 bits per heavy atom. The van der Waals surface area contributed by atoms with Crippen LogP contribution in [0.5, 0.6) is 0 Å². The van der Waals surface area contributed by atoms with E-state index in [1.807, 2.05) is 0 Å². The van der Waals surface area contributed by atoms with Crippen LogP contribution in [0.1, 0.15) is 13.8 Å². The van der Waals surface area contributed by atoms with Crippen molar-refractivity contribution in [1.29, 1.82) is 0 Å². The van der Waals surface area contributed by atoms with Crippen LogP contribution < -0.4 is 5.73 Å². The van der Waals surface area contributed by atoms with Crippen LogP contribution in [-0.4, -0.2) is 52.4 Å². The van der Waals surface area contributed by atoms with Crippen molar-refractivity contribution >= 4 is 0 Å². The summed E-state index contributed by atoms with van der Waals surface area (Å²) in [5, 5.41) is 27.9. The van der Waals surface area contributed by atoms with Crippen LogP contribution in [0.4, 0.5) is 0 Å². The van der Waals surface area contributed by atoms with Gasteiger partial charge in [0.25, 0.3) is 0 Å². The van der Waals surface area contributed by atoms with E-state index in [4.69, 9.17) is 20.7 Å². The molecule has 1 aliphatic rings. The van der Waals surface area contributed by atoms with Gasteiger partial charge in [0, 0.05) is 5.92 Å². The summed E-state index contributed by atoms with van der Waals surface area (Å²) in [6.07, 6.45) is -1.41. The van der Waals surface area contributed by atoms with E-state index >= 15 is 0 Å². The molecule has 0 radical (unpaired) electrons. The fourth-order valence-corrected chi connectivity index (χ4v) is 1.94. The molecule has 0 saturated carbocycles. The quantitative estimate of drug-likeness (QED) is 0.438. The lowest BCUT2D eigenvalue weighted by Crippen LogP contribution is -2.63. The van der Waals surface area contributed by atoms with E-state index in [0.29, 0.717) is 0 Å². The number of hydrogen-bond acceptors (Lipinski definition) is 5. The third-order valence-electron chi connectivity index (χ3n) is 2.96. The molecule has 4 atom stereocenters. The van der Waals surface area contributed by atoms with Crippen LogP contribution in [0.2, 0.25) is 0 Å². The molecule has 0 aromatic rings. The predicted molar refractivity (Wildman–Crippen MR) is 50.6 cm³/mol. The molecule has 5 nitrogen and oxygen atoms in total. The van der Waals surface area contributed by atoms with Crippen LogP contribution in [0.25, 0.3) is 0 Å². The number of aliphatic hydroxyl groups excluding tert-OH is 3. The summed E-state index contributed by atoms with van der Waals surface area (Å²) in [6.45, 7) is 3.14. The average molecular weight is 205 g/mol. The molecule has 0 aliphatic carbocycles. The number of rotatable bonds is 2. The second-order valence-electron chi connectivity index (χ2n) is 4.30. The van der Waals surface area contributed by atoms with Gasteiger partial charge in [0.15, 0.2) is 0 Å². The Hall–Kier alpha value is -0.200. The van der Waals surface area contributed by atoms with Gasteiger partial charge in [0.2, 0.25) is 0 Å². The second-order valence-corrected chi connectivity index (χ2v) is 4.30. The van der Waals surface area contributed by atoms with Crippen molar-refractivity contribution in [3.63, 3.8) is 0 Å².